The minimum absolute atomic E-state index is 0.707. The van der Waals surface area contributed by atoms with Crippen LogP contribution in [0.1, 0.15) is 32.6 Å². The van der Waals surface area contributed by atoms with Gasteiger partial charge in [-0.3, -0.25) is 0 Å². The van der Waals surface area contributed by atoms with Crippen molar-refractivity contribution in [2.24, 2.45) is 11.3 Å². The molecule has 2 aliphatic carbocycles. The van der Waals surface area contributed by atoms with Crippen LogP contribution in [0.25, 0.3) is 0 Å². The van der Waals surface area contributed by atoms with E-state index >= 15 is 0 Å². The van der Waals surface area contributed by atoms with Crippen molar-refractivity contribution in [1.82, 2.24) is 0 Å². The van der Waals surface area contributed by atoms with E-state index in [1.807, 2.05) is 0 Å². The van der Waals surface area contributed by atoms with Crippen molar-refractivity contribution >= 4 is 0 Å². The van der Waals surface area contributed by atoms with Gasteiger partial charge in [-0.05, 0) is 37.0 Å². The van der Waals surface area contributed by atoms with Crippen molar-refractivity contribution in [3.05, 3.63) is 12.2 Å². The van der Waals surface area contributed by atoms with Gasteiger partial charge in [-0.2, -0.15) is 0 Å². The molecule has 2 unspecified atom stereocenters. The lowest BCUT2D eigenvalue weighted by atomic mass is 9.93. The van der Waals surface area contributed by atoms with Gasteiger partial charge in [0.15, 0.2) is 0 Å². The van der Waals surface area contributed by atoms with Crippen molar-refractivity contribution in [2.45, 2.75) is 32.6 Å². The molecule has 0 nitrogen and oxygen atoms in total. The number of fused-ring (bicyclic) bond motifs is 1. The Balaban J connectivity index is 2.16. The Morgan fingerprint density at radius 2 is 2.56 bits per heavy atom. The third-order valence-corrected chi connectivity index (χ3v) is 3.07. The second-order valence-electron chi connectivity index (χ2n) is 3.47. The van der Waals surface area contributed by atoms with Gasteiger partial charge in [-0.1, -0.05) is 19.1 Å². The third-order valence-electron chi connectivity index (χ3n) is 3.07. The fraction of sp³-hybridized carbons (Fsp3) is 0.778. The lowest BCUT2D eigenvalue weighted by Crippen LogP contribution is -2.01. The van der Waals surface area contributed by atoms with E-state index in [9.17, 15) is 0 Å². The molecule has 9 heavy (non-hydrogen) atoms. The molecule has 2 aliphatic rings. The average molecular weight is 122 g/mol. The maximum absolute atomic E-state index is 2.46. The number of hydrogen-bond donors (Lipinski definition) is 0. The molecule has 0 radical (unpaired) electrons. The van der Waals surface area contributed by atoms with E-state index in [0.29, 0.717) is 5.41 Å². The van der Waals surface area contributed by atoms with Gasteiger partial charge in [-0.25, -0.2) is 0 Å². The molecule has 1 fully saturated rings. The summed E-state index contributed by atoms with van der Waals surface area (Å²) in [6.07, 6.45) is 10.5. The highest BCUT2D eigenvalue weighted by molar-refractivity contribution is 5.17. The summed E-state index contributed by atoms with van der Waals surface area (Å²) in [5.74, 6) is 1.08. The topological polar surface area (TPSA) is 0 Å². The minimum atomic E-state index is 0.707. The summed E-state index contributed by atoms with van der Waals surface area (Å²) >= 11 is 0. The summed E-state index contributed by atoms with van der Waals surface area (Å²) in [5.41, 5.74) is 0.707. The van der Waals surface area contributed by atoms with E-state index in [4.69, 9.17) is 0 Å². The zero-order chi connectivity index (χ0) is 6.32. The molecule has 2 atom stereocenters. The molecule has 0 heterocycles. The molecule has 2 rings (SSSR count). The van der Waals surface area contributed by atoms with Crippen LogP contribution in [0, 0.1) is 11.3 Å². The van der Waals surface area contributed by atoms with E-state index in [1.165, 1.54) is 25.7 Å². The van der Waals surface area contributed by atoms with Crippen LogP contribution < -0.4 is 0 Å². The molecule has 0 bridgehead atoms. The van der Waals surface area contributed by atoms with Crippen molar-refractivity contribution in [1.29, 1.82) is 0 Å². The summed E-state index contributed by atoms with van der Waals surface area (Å²) in [6.45, 7) is 2.32. The molecule has 1 saturated carbocycles. The maximum atomic E-state index is 2.46. The Morgan fingerprint density at radius 3 is 3.11 bits per heavy atom. The molecular weight excluding hydrogens is 108 g/mol. The fourth-order valence-corrected chi connectivity index (χ4v) is 2.16. The Labute approximate surface area is 57.0 Å². The van der Waals surface area contributed by atoms with Gasteiger partial charge >= 0.3 is 0 Å². The molecule has 0 N–H and O–H groups in total. The lowest BCUT2D eigenvalue weighted by molar-refractivity contribution is 0.505. The van der Waals surface area contributed by atoms with Crippen molar-refractivity contribution in [3.63, 3.8) is 0 Å². The van der Waals surface area contributed by atoms with Crippen LogP contribution in [0.2, 0.25) is 0 Å². The van der Waals surface area contributed by atoms with Crippen LogP contribution in [0.15, 0.2) is 12.2 Å². The molecular formula is C9H14. The number of rotatable bonds is 1. The summed E-state index contributed by atoms with van der Waals surface area (Å²) in [7, 11) is 0. The second kappa shape index (κ2) is 1.62. The maximum Gasteiger partial charge on any atom is -0.00892 e. The SMILES string of the molecule is CCC12C=CCCC1C2. The van der Waals surface area contributed by atoms with Crippen LogP contribution in [0.5, 0.6) is 0 Å². The highest BCUT2D eigenvalue weighted by Gasteiger charge is 2.50. The first-order valence-corrected chi connectivity index (χ1v) is 4.05. The zero-order valence-electron chi connectivity index (χ0n) is 6.06. The summed E-state index contributed by atoms with van der Waals surface area (Å²) in [5, 5.41) is 0. The van der Waals surface area contributed by atoms with E-state index < -0.39 is 0 Å². The van der Waals surface area contributed by atoms with Gasteiger partial charge in [0.25, 0.3) is 0 Å². The number of allylic oxidation sites excluding steroid dienone is 2. The molecule has 0 aromatic rings. The van der Waals surface area contributed by atoms with Gasteiger partial charge in [0, 0.05) is 0 Å². The van der Waals surface area contributed by atoms with Gasteiger partial charge in [0.2, 0.25) is 0 Å². The van der Waals surface area contributed by atoms with E-state index in [0.717, 1.165) is 5.92 Å². The monoisotopic (exact) mass is 122 g/mol. The minimum Gasteiger partial charge on any atom is -0.0880 e. The van der Waals surface area contributed by atoms with Crippen LogP contribution in [-0.4, -0.2) is 0 Å². The molecule has 0 aromatic carbocycles. The molecule has 50 valence electrons. The Morgan fingerprint density at radius 1 is 1.67 bits per heavy atom. The van der Waals surface area contributed by atoms with Crippen molar-refractivity contribution in [3.8, 4) is 0 Å². The first kappa shape index (κ1) is 5.52. The zero-order valence-corrected chi connectivity index (χ0v) is 6.06. The smallest absolute Gasteiger partial charge is 0.00892 e. The van der Waals surface area contributed by atoms with Gasteiger partial charge in [-0.15, -0.1) is 0 Å². The van der Waals surface area contributed by atoms with Gasteiger partial charge < -0.3 is 0 Å². The van der Waals surface area contributed by atoms with E-state index in [-0.39, 0.29) is 0 Å². The lowest BCUT2D eigenvalue weighted by Gasteiger charge is -2.12. The molecule has 0 saturated heterocycles. The third kappa shape index (κ3) is 0.654. The van der Waals surface area contributed by atoms with Crippen molar-refractivity contribution < 1.29 is 0 Å². The number of hydrogen-bond acceptors (Lipinski definition) is 0. The quantitative estimate of drug-likeness (QED) is 0.469. The standard InChI is InChI=1S/C9H14/c1-2-9-6-4-3-5-8(9)7-9/h4,6,8H,2-3,5,7H2,1H3. The molecule has 0 amide bonds. The van der Waals surface area contributed by atoms with Crippen molar-refractivity contribution in [2.75, 3.05) is 0 Å². The molecule has 0 heteroatoms. The Hall–Kier alpha value is -0.260. The first-order chi connectivity index (χ1) is 4.37. The Bertz CT molecular complexity index is 146. The highest BCUT2D eigenvalue weighted by Crippen LogP contribution is 2.60. The second-order valence-corrected chi connectivity index (χ2v) is 3.47. The first-order valence-electron chi connectivity index (χ1n) is 4.05. The average Bonchev–Trinajstić information content (AvgIpc) is 2.62. The van der Waals surface area contributed by atoms with Gasteiger partial charge in [0.05, 0.1) is 0 Å². The highest BCUT2D eigenvalue weighted by atomic mass is 14.5. The van der Waals surface area contributed by atoms with E-state index in [2.05, 4.69) is 19.1 Å². The molecule has 0 aromatic heterocycles. The predicted octanol–water partition coefficient (Wildman–Crippen LogP) is 2.75. The summed E-state index contributed by atoms with van der Waals surface area (Å²) in [4.78, 5) is 0. The largest absolute Gasteiger partial charge is 0.0880 e. The van der Waals surface area contributed by atoms with Crippen LogP contribution in [0.3, 0.4) is 0 Å². The van der Waals surface area contributed by atoms with Crippen LogP contribution in [-0.2, 0) is 0 Å². The van der Waals surface area contributed by atoms with Crippen LogP contribution >= 0.6 is 0 Å². The normalized spacial score (nSPS) is 46.6. The van der Waals surface area contributed by atoms with Gasteiger partial charge in [0.1, 0.15) is 0 Å². The summed E-state index contributed by atoms with van der Waals surface area (Å²) in [6, 6.07) is 0. The van der Waals surface area contributed by atoms with E-state index in [1.54, 1.807) is 0 Å². The predicted molar refractivity (Wildman–Crippen MR) is 39.2 cm³/mol. The molecule has 0 spiro atoms. The fourth-order valence-electron chi connectivity index (χ4n) is 2.16. The molecule has 0 aliphatic heterocycles. The Kier molecular flexibility index (Phi) is 0.992. The summed E-state index contributed by atoms with van der Waals surface area (Å²) < 4.78 is 0. The van der Waals surface area contributed by atoms with Crippen LogP contribution in [0.4, 0.5) is 0 Å².